The Morgan fingerprint density at radius 1 is 0.857 bits per heavy atom. The van der Waals surface area contributed by atoms with Crippen molar-refractivity contribution in [3.8, 4) is 5.75 Å². The smallest absolute Gasteiger partial charge is 0.119 e. The summed E-state index contributed by atoms with van der Waals surface area (Å²) >= 11 is 0. The van der Waals surface area contributed by atoms with E-state index in [9.17, 15) is 0 Å². The predicted octanol–water partition coefficient (Wildman–Crippen LogP) is 3.26. The van der Waals surface area contributed by atoms with E-state index in [1.54, 1.807) is 0 Å². The van der Waals surface area contributed by atoms with E-state index < -0.39 is 0 Å². The Morgan fingerprint density at radius 2 is 1.33 bits per heavy atom. The van der Waals surface area contributed by atoms with Crippen LogP contribution in [-0.4, -0.2) is 11.2 Å². The second-order valence-corrected chi connectivity index (χ2v) is 5.39. The van der Waals surface area contributed by atoms with Gasteiger partial charge in [-0.25, -0.2) is 0 Å². The first-order valence-corrected chi connectivity index (χ1v) is 7.32. The number of nitrogens with one attached hydrogen (secondary N) is 1. The topological polar surface area (TPSA) is 41.5 Å². The molecule has 0 spiro atoms. The van der Waals surface area contributed by atoms with Crippen molar-refractivity contribution in [3.63, 3.8) is 0 Å². The molecule has 0 aromatic heterocycles. The highest BCUT2D eigenvalue weighted by molar-refractivity contribution is 5.27. The van der Waals surface area contributed by atoms with E-state index in [0.29, 0.717) is 0 Å². The Morgan fingerprint density at radius 3 is 1.81 bits per heavy atom. The SMILES string of the molecule is CC(C)Oc1ccc(CNCc2ccc(CO)cc2)cc1. The first-order chi connectivity index (χ1) is 10.2. The molecule has 2 rings (SSSR count). The van der Waals surface area contributed by atoms with Gasteiger partial charge in [-0.1, -0.05) is 36.4 Å². The van der Waals surface area contributed by atoms with Gasteiger partial charge in [-0.3, -0.25) is 0 Å². The van der Waals surface area contributed by atoms with Gasteiger partial charge in [0, 0.05) is 13.1 Å². The highest BCUT2D eigenvalue weighted by Gasteiger charge is 1.99. The molecule has 0 radical (unpaired) electrons. The lowest BCUT2D eigenvalue weighted by atomic mass is 10.1. The molecule has 2 aromatic rings. The molecule has 0 saturated carbocycles. The van der Waals surface area contributed by atoms with Gasteiger partial charge in [0.2, 0.25) is 0 Å². The summed E-state index contributed by atoms with van der Waals surface area (Å²) in [6.45, 7) is 5.78. The largest absolute Gasteiger partial charge is 0.491 e. The van der Waals surface area contributed by atoms with Crippen molar-refractivity contribution in [2.24, 2.45) is 0 Å². The van der Waals surface area contributed by atoms with Crippen molar-refractivity contribution in [2.75, 3.05) is 0 Å². The second-order valence-electron chi connectivity index (χ2n) is 5.39. The van der Waals surface area contributed by atoms with Gasteiger partial charge in [0.05, 0.1) is 12.7 Å². The summed E-state index contributed by atoms with van der Waals surface area (Å²) < 4.78 is 5.62. The second kappa shape index (κ2) is 7.81. The number of hydrogen-bond acceptors (Lipinski definition) is 3. The lowest BCUT2D eigenvalue weighted by Crippen LogP contribution is -2.12. The molecule has 21 heavy (non-hydrogen) atoms. The van der Waals surface area contributed by atoms with Gasteiger partial charge >= 0.3 is 0 Å². The van der Waals surface area contributed by atoms with Crippen LogP contribution in [0.5, 0.6) is 5.75 Å². The van der Waals surface area contributed by atoms with E-state index in [1.807, 2.05) is 50.2 Å². The standard InChI is InChI=1S/C18H23NO2/c1-14(2)21-18-9-7-16(8-10-18)12-19-11-15-3-5-17(13-20)6-4-15/h3-10,14,19-20H,11-13H2,1-2H3. The van der Waals surface area contributed by atoms with E-state index in [1.165, 1.54) is 11.1 Å². The Bertz CT molecular complexity index is 532. The molecule has 0 heterocycles. The minimum Gasteiger partial charge on any atom is -0.491 e. The molecule has 3 nitrogen and oxygen atoms in total. The number of benzene rings is 2. The predicted molar refractivity (Wildman–Crippen MR) is 85.1 cm³/mol. The van der Waals surface area contributed by atoms with Crippen LogP contribution >= 0.6 is 0 Å². The molecule has 0 aliphatic rings. The molecule has 0 fully saturated rings. The van der Waals surface area contributed by atoms with Gasteiger partial charge in [0.15, 0.2) is 0 Å². The fourth-order valence-electron chi connectivity index (χ4n) is 2.07. The van der Waals surface area contributed by atoms with Gasteiger partial charge in [-0.05, 0) is 42.7 Å². The van der Waals surface area contributed by atoms with E-state index in [4.69, 9.17) is 9.84 Å². The zero-order chi connectivity index (χ0) is 15.1. The van der Waals surface area contributed by atoms with Crippen LogP contribution < -0.4 is 10.1 Å². The zero-order valence-electron chi connectivity index (χ0n) is 12.7. The van der Waals surface area contributed by atoms with Crippen molar-refractivity contribution < 1.29 is 9.84 Å². The minimum absolute atomic E-state index is 0.0957. The van der Waals surface area contributed by atoms with Crippen molar-refractivity contribution in [1.82, 2.24) is 5.32 Å². The number of aliphatic hydroxyl groups excluding tert-OH is 1. The highest BCUT2D eigenvalue weighted by Crippen LogP contribution is 2.14. The van der Waals surface area contributed by atoms with Crippen LogP contribution in [0.25, 0.3) is 0 Å². The quantitative estimate of drug-likeness (QED) is 0.820. The van der Waals surface area contributed by atoms with Crippen LogP contribution in [0.1, 0.15) is 30.5 Å². The average Bonchev–Trinajstić information content (AvgIpc) is 2.49. The zero-order valence-corrected chi connectivity index (χ0v) is 12.7. The Balaban J connectivity index is 1.79. The maximum Gasteiger partial charge on any atom is 0.119 e. The molecule has 112 valence electrons. The fourth-order valence-corrected chi connectivity index (χ4v) is 2.07. The van der Waals surface area contributed by atoms with E-state index in [-0.39, 0.29) is 12.7 Å². The molecular weight excluding hydrogens is 262 g/mol. The Kier molecular flexibility index (Phi) is 5.78. The monoisotopic (exact) mass is 285 g/mol. The third-order valence-corrected chi connectivity index (χ3v) is 3.16. The van der Waals surface area contributed by atoms with E-state index in [0.717, 1.165) is 24.4 Å². The third-order valence-electron chi connectivity index (χ3n) is 3.16. The molecule has 0 unspecified atom stereocenters. The highest BCUT2D eigenvalue weighted by atomic mass is 16.5. The van der Waals surface area contributed by atoms with E-state index >= 15 is 0 Å². The van der Waals surface area contributed by atoms with Crippen LogP contribution in [0.4, 0.5) is 0 Å². The lowest BCUT2D eigenvalue weighted by Gasteiger charge is -2.10. The van der Waals surface area contributed by atoms with Crippen molar-refractivity contribution >= 4 is 0 Å². The van der Waals surface area contributed by atoms with Crippen molar-refractivity contribution in [1.29, 1.82) is 0 Å². The molecule has 0 amide bonds. The van der Waals surface area contributed by atoms with Gasteiger partial charge in [0.1, 0.15) is 5.75 Å². The molecule has 3 heteroatoms. The number of hydrogen-bond donors (Lipinski definition) is 2. The molecule has 0 aliphatic carbocycles. The summed E-state index contributed by atoms with van der Waals surface area (Å²) in [5.41, 5.74) is 3.39. The van der Waals surface area contributed by atoms with Crippen LogP contribution in [0.3, 0.4) is 0 Å². The summed E-state index contributed by atoms with van der Waals surface area (Å²) in [5, 5.41) is 12.4. The van der Waals surface area contributed by atoms with Gasteiger partial charge in [-0.2, -0.15) is 0 Å². The summed E-state index contributed by atoms with van der Waals surface area (Å²) in [6, 6.07) is 16.2. The molecular formula is C18H23NO2. The Labute approximate surface area is 126 Å². The number of aliphatic hydroxyl groups is 1. The van der Waals surface area contributed by atoms with Crippen molar-refractivity contribution in [3.05, 3.63) is 65.2 Å². The summed E-state index contributed by atoms with van der Waals surface area (Å²) in [4.78, 5) is 0. The summed E-state index contributed by atoms with van der Waals surface area (Å²) in [6.07, 6.45) is 0.205. The average molecular weight is 285 g/mol. The van der Waals surface area contributed by atoms with Crippen LogP contribution in [0, 0.1) is 0 Å². The van der Waals surface area contributed by atoms with E-state index in [2.05, 4.69) is 17.4 Å². The maximum absolute atomic E-state index is 9.00. The molecule has 0 saturated heterocycles. The molecule has 0 aliphatic heterocycles. The third kappa shape index (κ3) is 5.21. The van der Waals surface area contributed by atoms with Crippen LogP contribution in [-0.2, 0) is 19.7 Å². The first-order valence-electron chi connectivity index (χ1n) is 7.32. The van der Waals surface area contributed by atoms with Crippen molar-refractivity contribution in [2.45, 2.75) is 39.6 Å². The maximum atomic E-state index is 9.00. The lowest BCUT2D eigenvalue weighted by molar-refractivity contribution is 0.242. The number of rotatable bonds is 7. The molecule has 2 N–H and O–H groups in total. The number of ether oxygens (including phenoxy) is 1. The Hall–Kier alpha value is -1.84. The molecule has 0 atom stereocenters. The van der Waals surface area contributed by atoms with Gasteiger partial charge < -0.3 is 15.2 Å². The molecule has 2 aromatic carbocycles. The van der Waals surface area contributed by atoms with Gasteiger partial charge in [-0.15, -0.1) is 0 Å². The normalized spacial score (nSPS) is 10.9. The minimum atomic E-state index is 0.0957. The van der Waals surface area contributed by atoms with Crippen LogP contribution in [0.2, 0.25) is 0 Å². The van der Waals surface area contributed by atoms with Crippen LogP contribution in [0.15, 0.2) is 48.5 Å². The molecule has 0 bridgehead atoms. The first kappa shape index (κ1) is 15.5. The summed E-state index contributed by atoms with van der Waals surface area (Å²) in [7, 11) is 0. The van der Waals surface area contributed by atoms with Gasteiger partial charge in [0.25, 0.3) is 0 Å². The summed E-state index contributed by atoms with van der Waals surface area (Å²) in [5.74, 6) is 0.911. The fraction of sp³-hybridized carbons (Fsp3) is 0.333.